The molecular weight excluding hydrogens is 406 g/mol. The van der Waals surface area contributed by atoms with E-state index in [9.17, 15) is 9.90 Å². The summed E-state index contributed by atoms with van der Waals surface area (Å²) in [5.41, 5.74) is 1.19. The van der Waals surface area contributed by atoms with Crippen LogP contribution in [0.5, 0.6) is 0 Å². The molecule has 0 saturated carbocycles. The van der Waals surface area contributed by atoms with E-state index in [0.717, 1.165) is 23.4 Å². The number of rotatable bonds is 10. The SMILES string of the molecule is CCNC(=NCc1cccc(C(=O)NCCN(C)C)c1)NCC(C)(O)c1cc(C)oc1C. The first-order valence-electron chi connectivity index (χ1n) is 11.0. The molecule has 8 nitrogen and oxygen atoms in total. The van der Waals surface area contributed by atoms with Gasteiger partial charge in [-0.2, -0.15) is 0 Å². The number of benzene rings is 1. The molecule has 1 heterocycles. The van der Waals surface area contributed by atoms with Crippen LogP contribution in [0.4, 0.5) is 0 Å². The summed E-state index contributed by atoms with van der Waals surface area (Å²) < 4.78 is 5.56. The third kappa shape index (κ3) is 7.69. The standard InChI is InChI=1S/C24H37N5O3/c1-7-25-23(28-16-24(4,31)21-13-17(2)32-18(21)3)27-15-19-9-8-10-20(14-19)22(30)26-11-12-29(5)6/h8-10,13-14,31H,7,11-12,15-16H2,1-6H3,(H,26,30)(H2,25,27,28). The molecule has 0 bridgehead atoms. The lowest BCUT2D eigenvalue weighted by atomic mass is 9.96. The van der Waals surface area contributed by atoms with Gasteiger partial charge >= 0.3 is 0 Å². The van der Waals surface area contributed by atoms with E-state index in [-0.39, 0.29) is 12.5 Å². The molecule has 0 aliphatic heterocycles. The highest BCUT2D eigenvalue weighted by Crippen LogP contribution is 2.26. The quantitative estimate of drug-likeness (QED) is 0.332. The summed E-state index contributed by atoms with van der Waals surface area (Å²) in [6.45, 7) is 10.2. The zero-order valence-electron chi connectivity index (χ0n) is 20.1. The Labute approximate surface area is 191 Å². The highest BCUT2D eigenvalue weighted by molar-refractivity contribution is 5.94. The molecule has 0 spiro atoms. The van der Waals surface area contributed by atoms with E-state index < -0.39 is 5.60 Å². The smallest absolute Gasteiger partial charge is 0.251 e. The molecular formula is C24H37N5O3. The van der Waals surface area contributed by atoms with Crippen molar-refractivity contribution in [3.63, 3.8) is 0 Å². The summed E-state index contributed by atoms with van der Waals surface area (Å²) in [5, 5.41) is 20.3. The maximum absolute atomic E-state index is 12.4. The zero-order valence-corrected chi connectivity index (χ0v) is 20.1. The molecule has 0 aliphatic carbocycles. The fourth-order valence-corrected chi connectivity index (χ4v) is 3.33. The van der Waals surface area contributed by atoms with Crippen LogP contribution in [0.15, 0.2) is 39.7 Å². The van der Waals surface area contributed by atoms with Gasteiger partial charge in [0.15, 0.2) is 5.96 Å². The number of likely N-dealkylation sites (N-methyl/N-ethyl adjacent to an activating group) is 1. The molecule has 4 N–H and O–H groups in total. The van der Waals surface area contributed by atoms with Gasteiger partial charge in [-0.15, -0.1) is 0 Å². The van der Waals surface area contributed by atoms with E-state index >= 15 is 0 Å². The average molecular weight is 444 g/mol. The largest absolute Gasteiger partial charge is 0.466 e. The average Bonchev–Trinajstić information content (AvgIpc) is 3.09. The van der Waals surface area contributed by atoms with E-state index in [1.807, 2.05) is 64.0 Å². The Morgan fingerprint density at radius 3 is 2.56 bits per heavy atom. The van der Waals surface area contributed by atoms with Gasteiger partial charge in [-0.05, 0) is 65.6 Å². The molecule has 2 aromatic rings. The number of nitrogens with zero attached hydrogens (tertiary/aromatic N) is 2. The van der Waals surface area contributed by atoms with Crippen LogP contribution in [0.2, 0.25) is 0 Å². The Morgan fingerprint density at radius 1 is 1.19 bits per heavy atom. The van der Waals surface area contributed by atoms with Gasteiger partial charge in [0.1, 0.15) is 17.1 Å². The van der Waals surface area contributed by atoms with Crippen LogP contribution in [0, 0.1) is 13.8 Å². The zero-order chi connectivity index (χ0) is 23.7. The maximum atomic E-state index is 12.4. The van der Waals surface area contributed by atoms with Gasteiger partial charge in [-0.25, -0.2) is 4.99 Å². The molecule has 2 rings (SSSR count). The Bertz CT molecular complexity index is 918. The number of aliphatic imine (C=N–C) groups is 1. The molecule has 1 aromatic heterocycles. The van der Waals surface area contributed by atoms with Crippen molar-refractivity contribution in [2.45, 2.75) is 39.8 Å². The van der Waals surface area contributed by atoms with Crippen LogP contribution in [0.25, 0.3) is 0 Å². The van der Waals surface area contributed by atoms with E-state index in [2.05, 4.69) is 20.9 Å². The van der Waals surface area contributed by atoms with Gasteiger partial charge < -0.3 is 30.4 Å². The number of aliphatic hydroxyl groups is 1. The summed E-state index contributed by atoms with van der Waals surface area (Å²) in [5.74, 6) is 1.97. The van der Waals surface area contributed by atoms with Crippen molar-refractivity contribution < 1.29 is 14.3 Å². The third-order valence-corrected chi connectivity index (χ3v) is 5.02. The molecule has 1 atom stereocenters. The predicted octanol–water partition coefficient (Wildman–Crippen LogP) is 2.15. The van der Waals surface area contributed by atoms with Crippen molar-refractivity contribution in [1.29, 1.82) is 0 Å². The van der Waals surface area contributed by atoms with Gasteiger partial charge in [0.25, 0.3) is 5.91 Å². The van der Waals surface area contributed by atoms with Crippen LogP contribution in [0.1, 0.15) is 46.9 Å². The van der Waals surface area contributed by atoms with Crippen molar-refractivity contribution in [1.82, 2.24) is 20.9 Å². The van der Waals surface area contributed by atoms with Gasteiger partial charge in [0, 0.05) is 30.8 Å². The number of furan rings is 1. The van der Waals surface area contributed by atoms with Crippen molar-refractivity contribution >= 4 is 11.9 Å². The first kappa shape index (κ1) is 25.4. The molecule has 0 fully saturated rings. The van der Waals surface area contributed by atoms with Crippen molar-refractivity contribution in [3.8, 4) is 0 Å². The van der Waals surface area contributed by atoms with Crippen molar-refractivity contribution in [3.05, 3.63) is 58.5 Å². The fourth-order valence-electron chi connectivity index (χ4n) is 3.33. The highest BCUT2D eigenvalue weighted by Gasteiger charge is 2.27. The van der Waals surface area contributed by atoms with Crippen LogP contribution < -0.4 is 16.0 Å². The van der Waals surface area contributed by atoms with Gasteiger partial charge in [0.05, 0.1) is 13.1 Å². The molecule has 1 amide bonds. The van der Waals surface area contributed by atoms with Crippen molar-refractivity contribution in [2.24, 2.45) is 4.99 Å². The Kier molecular flexibility index (Phi) is 9.28. The topological polar surface area (TPSA) is 102 Å². The number of carbonyl (C=O) groups excluding carboxylic acids is 1. The van der Waals surface area contributed by atoms with Gasteiger partial charge in [-0.1, -0.05) is 12.1 Å². The van der Waals surface area contributed by atoms with Crippen LogP contribution in [-0.4, -0.2) is 62.1 Å². The van der Waals surface area contributed by atoms with Crippen LogP contribution in [-0.2, 0) is 12.1 Å². The molecule has 1 unspecified atom stereocenters. The summed E-state index contributed by atoms with van der Waals surface area (Å²) >= 11 is 0. The molecule has 8 heteroatoms. The second-order valence-electron chi connectivity index (χ2n) is 8.41. The normalized spacial score (nSPS) is 13.7. The predicted molar refractivity (Wildman–Crippen MR) is 128 cm³/mol. The van der Waals surface area contributed by atoms with E-state index in [4.69, 9.17) is 4.42 Å². The number of hydrogen-bond donors (Lipinski definition) is 4. The lowest BCUT2D eigenvalue weighted by Crippen LogP contribution is -2.44. The molecule has 0 saturated heterocycles. The second-order valence-corrected chi connectivity index (χ2v) is 8.41. The number of aryl methyl sites for hydroxylation is 2. The number of amides is 1. The highest BCUT2D eigenvalue weighted by atomic mass is 16.3. The monoisotopic (exact) mass is 443 g/mol. The summed E-state index contributed by atoms with van der Waals surface area (Å²) in [7, 11) is 3.94. The Balaban J connectivity index is 2.02. The number of nitrogens with one attached hydrogen (secondary N) is 3. The first-order chi connectivity index (χ1) is 15.1. The summed E-state index contributed by atoms with van der Waals surface area (Å²) in [6, 6.07) is 9.31. The minimum absolute atomic E-state index is 0.0930. The molecule has 0 aliphatic rings. The molecule has 0 radical (unpaired) electrons. The Hall–Kier alpha value is -2.84. The summed E-state index contributed by atoms with van der Waals surface area (Å²) in [6.07, 6.45) is 0. The number of carbonyl (C=O) groups is 1. The molecule has 1 aromatic carbocycles. The Morgan fingerprint density at radius 2 is 1.94 bits per heavy atom. The van der Waals surface area contributed by atoms with E-state index in [0.29, 0.717) is 36.9 Å². The minimum Gasteiger partial charge on any atom is -0.466 e. The van der Waals surface area contributed by atoms with E-state index in [1.54, 1.807) is 13.0 Å². The molecule has 176 valence electrons. The fraction of sp³-hybridized carbons (Fsp3) is 0.500. The second kappa shape index (κ2) is 11.7. The number of guanidine groups is 1. The van der Waals surface area contributed by atoms with Gasteiger partial charge in [-0.3, -0.25) is 4.79 Å². The van der Waals surface area contributed by atoms with E-state index in [1.165, 1.54) is 0 Å². The molecule has 32 heavy (non-hydrogen) atoms. The van der Waals surface area contributed by atoms with Crippen LogP contribution >= 0.6 is 0 Å². The van der Waals surface area contributed by atoms with Gasteiger partial charge in [0.2, 0.25) is 0 Å². The minimum atomic E-state index is -1.11. The third-order valence-electron chi connectivity index (χ3n) is 5.02. The summed E-state index contributed by atoms with van der Waals surface area (Å²) in [4.78, 5) is 19.0. The number of hydrogen-bond acceptors (Lipinski definition) is 5. The van der Waals surface area contributed by atoms with Crippen LogP contribution in [0.3, 0.4) is 0 Å². The van der Waals surface area contributed by atoms with Crippen molar-refractivity contribution in [2.75, 3.05) is 40.3 Å². The lowest BCUT2D eigenvalue weighted by Gasteiger charge is -2.24. The maximum Gasteiger partial charge on any atom is 0.251 e. The lowest BCUT2D eigenvalue weighted by molar-refractivity contribution is 0.0601. The first-order valence-corrected chi connectivity index (χ1v) is 11.0.